The largest absolute Gasteiger partial charge is 0.388 e. The number of amides is 1. The summed E-state index contributed by atoms with van der Waals surface area (Å²) < 4.78 is 0. The molecule has 1 rings (SSSR count). The summed E-state index contributed by atoms with van der Waals surface area (Å²) in [5, 5.41) is 16.3. The first kappa shape index (κ1) is 14.5. The number of piperidine rings is 1. The first-order valence-corrected chi connectivity index (χ1v) is 6.74. The fraction of sp³-hybridized carbons (Fsp3) is 0.923. The molecule has 0 spiro atoms. The van der Waals surface area contributed by atoms with E-state index in [-0.39, 0.29) is 11.8 Å². The number of nitrogens with one attached hydrogen (secondary N) is 2. The summed E-state index contributed by atoms with van der Waals surface area (Å²) in [7, 11) is 0. The van der Waals surface area contributed by atoms with E-state index in [1.165, 1.54) is 0 Å². The Balaban J connectivity index is 2.38. The fourth-order valence-corrected chi connectivity index (χ4v) is 2.27. The van der Waals surface area contributed by atoms with Crippen molar-refractivity contribution in [3.8, 4) is 0 Å². The van der Waals surface area contributed by atoms with Gasteiger partial charge in [0.15, 0.2) is 0 Å². The molecule has 4 nitrogen and oxygen atoms in total. The van der Waals surface area contributed by atoms with Gasteiger partial charge in [0.05, 0.1) is 5.60 Å². The normalized spacial score (nSPS) is 25.6. The molecule has 0 saturated carbocycles. The zero-order valence-corrected chi connectivity index (χ0v) is 11.3. The summed E-state index contributed by atoms with van der Waals surface area (Å²) in [4.78, 5) is 12.0. The van der Waals surface area contributed by atoms with Crippen LogP contribution in [0.1, 0.15) is 46.5 Å². The molecular weight excluding hydrogens is 216 g/mol. The third kappa shape index (κ3) is 4.28. The Labute approximate surface area is 104 Å². The summed E-state index contributed by atoms with van der Waals surface area (Å²) >= 11 is 0. The highest BCUT2D eigenvalue weighted by Crippen LogP contribution is 2.17. The summed E-state index contributed by atoms with van der Waals surface area (Å²) in [5.41, 5.74) is -0.742. The van der Waals surface area contributed by atoms with E-state index in [0.717, 1.165) is 19.4 Å². The molecule has 1 heterocycles. The lowest BCUT2D eigenvalue weighted by Gasteiger charge is -2.30. The predicted molar refractivity (Wildman–Crippen MR) is 68.7 cm³/mol. The van der Waals surface area contributed by atoms with Crippen molar-refractivity contribution in [2.75, 3.05) is 13.1 Å². The minimum atomic E-state index is -0.742. The van der Waals surface area contributed by atoms with Crippen LogP contribution in [0.15, 0.2) is 0 Å². The quantitative estimate of drug-likeness (QED) is 0.675. The summed E-state index contributed by atoms with van der Waals surface area (Å²) in [5.74, 6) is 0.197. The van der Waals surface area contributed by atoms with E-state index in [2.05, 4.69) is 17.6 Å². The van der Waals surface area contributed by atoms with Crippen molar-refractivity contribution in [1.29, 1.82) is 0 Å². The summed E-state index contributed by atoms with van der Waals surface area (Å²) in [6, 6.07) is 0.413. The first-order valence-electron chi connectivity index (χ1n) is 6.74. The lowest BCUT2D eigenvalue weighted by atomic mass is 9.91. The molecule has 0 aromatic rings. The van der Waals surface area contributed by atoms with Crippen LogP contribution in [-0.2, 0) is 4.79 Å². The SMILES string of the molecule is CCC(O)(CC)CNC(=O)C1CCNC(C)C1. The first-order chi connectivity index (χ1) is 8.00. The van der Waals surface area contributed by atoms with Crippen LogP contribution in [0.3, 0.4) is 0 Å². The molecule has 100 valence electrons. The average Bonchev–Trinajstić information content (AvgIpc) is 2.35. The number of hydrogen-bond acceptors (Lipinski definition) is 3. The molecule has 2 atom stereocenters. The fourth-order valence-electron chi connectivity index (χ4n) is 2.27. The minimum Gasteiger partial charge on any atom is -0.388 e. The monoisotopic (exact) mass is 242 g/mol. The standard InChI is InChI=1S/C13H26N2O2/c1-4-13(17,5-2)9-15-12(16)11-6-7-14-10(3)8-11/h10-11,14,17H,4-9H2,1-3H3,(H,15,16). The van der Waals surface area contributed by atoms with Gasteiger partial charge in [0.25, 0.3) is 0 Å². The second kappa shape index (κ2) is 6.36. The number of rotatable bonds is 5. The molecule has 2 unspecified atom stereocenters. The van der Waals surface area contributed by atoms with Gasteiger partial charge in [-0.25, -0.2) is 0 Å². The number of carbonyl (C=O) groups excluding carboxylic acids is 1. The van der Waals surface area contributed by atoms with Crippen LogP contribution < -0.4 is 10.6 Å². The van der Waals surface area contributed by atoms with Crippen LogP contribution >= 0.6 is 0 Å². The molecule has 1 aliphatic heterocycles. The van der Waals surface area contributed by atoms with Gasteiger partial charge in [-0.05, 0) is 39.2 Å². The maximum Gasteiger partial charge on any atom is 0.223 e. The Morgan fingerprint density at radius 3 is 2.65 bits per heavy atom. The van der Waals surface area contributed by atoms with Crippen molar-refractivity contribution < 1.29 is 9.90 Å². The van der Waals surface area contributed by atoms with Crippen LogP contribution in [0.25, 0.3) is 0 Å². The highest BCUT2D eigenvalue weighted by molar-refractivity contribution is 5.78. The molecule has 17 heavy (non-hydrogen) atoms. The van der Waals surface area contributed by atoms with Crippen LogP contribution in [0, 0.1) is 5.92 Å². The molecule has 1 saturated heterocycles. The van der Waals surface area contributed by atoms with Crippen molar-refractivity contribution in [3.05, 3.63) is 0 Å². The van der Waals surface area contributed by atoms with Gasteiger partial charge in [0.2, 0.25) is 5.91 Å². The number of aliphatic hydroxyl groups is 1. The van der Waals surface area contributed by atoms with Gasteiger partial charge >= 0.3 is 0 Å². The molecular formula is C13H26N2O2. The van der Waals surface area contributed by atoms with Gasteiger partial charge in [0, 0.05) is 18.5 Å². The van der Waals surface area contributed by atoms with Crippen molar-refractivity contribution in [1.82, 2.24) is 10.6 Å². The number of hydrogen-bond donors (Lipinski definition) is 3. The maximum atomic E-state index is 12.0. The summed E-state index contributed by atoms with van der Waals surface area (Å²) in [6.07, 6.45) is 3.13. The second-order valence-corrected chi connectivity index (χ2v) is 5.23. The highest BCUT2D eigenvalue weighted by Gasteiger charge is 2.27. The predicted octanol–water partition coefficient (Wildman–Crippen LogP) is 1.04. The van der Waals surface area contributed by atoms with Gasteiger partial charge < -0.3 is 15.7 Å². The Bertz CT molecular complexity index is 252. The molecule has 1 amide bonds. The molecule has 1 fully saturated rings. The van der Waals surface area contributed by atoms with Gasteiger partial charge in [-0.3, -0.25) is 4.79 Å². The molecule has 3 N–H and O–H groups in total. The summed E-state index contributed by atoms with van der Waals surface area (Å²) in [6.45, 7) is 7.28. The molecule has 0 aliphatic carbocycles. The molecule has 0 aromatic heterocycles. The van der Waals surface area contributed by atoms with Gasteiger partial charge in [-0.2, -0.15) is 0 Å². The Kier molecular flexibility index (Phi) is 5.40. The van der Waals surface area contributed by atoms with Crippen molar-refractivity contribution in [3.63, 3.8) is 0 Å². The van der Waals surface area contributed by atoms with Gasteiger partial charge in [0.1, 0.15) is 0 Å². The van der Waals surface area contributed by atoms with E-state index in [1.807, 2.05) is 13.8 Å². The van der Waals surface area contributed by atoms with E-state index in [9.17, 15) is 9.90 Å². The van der Waals surface area contributed by atoms with Gasteiger partial charge in [-0.15, -0.1) is 0 Å². The molecule has 0 bridgehead atoms. The zero-order chi connectivity index (χ0) is 12.9. The average molecular weight is 242 g/mol. The lowest BCUT2D eigenvalue weighted by molar-refractivity contribution is -0.127. The Hall–Kier alpha value is -0.610. The maximum absolute atomic E-state index is 12.0. The second-order valence-electron chi connectivity index (χ2n) is 5.23. The Morgan fingerprint density at radius 2 is 2.12 bits per heavy atom. The third-order valence-electron chi connectivity index (χ3n) is 3.90. The smallest absolute Gasteiger partial charge is 0.223 e. The van der Waals surface area contributed by atoms with E-state index in [4.69, 9.17) is 0 Å². The van der Waals surface area contributed by atoms with Crippen molar-refractivity contribution in [2.45, 2.75) is 58.1 Å². The van der Waals surface area contributed by atoms with E-state index >= 15 is 0 Å². The highest BCUT2D eigenvalue weighted by atomic mass is 16.3. The zero-order valence-electron chi connectivity index (χ0n) is 11.3. The van der Waals surface area contributed by atoms with Gasteiger partial charge in [-0.1, -0.05) is 13.8 Å². The number of carbonyl (C=O) groups is 1. The van der Waals surface area contributed by atoms with E-state index < -0.39 is 5.60 Å². The van der Waals surface area contributed by atoms with Crippen molar-refractivity contribution >= 4 is 5.91 Å². The molecule has 4 heteroatoms. The van der Waals surface area contributed by atoms with Crippen LogP contribution in [0.5, 0.6) is 0 Å². The third-order valence-corrected chi connectivity index (χ3v) is 3.90. The minimum absolute atomic E-state index is 0.0960. The lowest BCUT2D eigenvalue weighted by Crippen LogP contribution is -2.47. The molecule has 0 radical (unpaired) electrons. The van der Waals surface area contributed by atoms with Crippen LogP contribution in [-0.4, -0.2) is 35.7 Å². The topological polar surface area (TPSA) is 61.4 Å². The van der Waals surface area contributed by atoms with Crippen LogP contribution in [0.4, 0.5) is 0 Å². The van der Waals surface area contributed by atoms with E-state index in [0.29, 0.717) is 25.4 Å². The van der Waals surface area contributed by atoms with Crippen LogP contribution in [0.2, 0.25) is 0 Å². The van der Waals surface area contributed by atoms with Crippen molar-refractivity contribution in [2.24, 2.45) is 5.92 Å². The molecule has 1 aliphatic rings. The molecule has 0 aromatic carbocycles. The van der Waals surface area contributed by atoms with E-state index in [1.54, 1.807) is 0 Å². The Morgan fingerprint density at radius 1 is 1.47 bits per heavy atom.